The van der Waals surface area contributed by atoms with Crippen molar-refractivity contribution in [3.63, 3.8) is 0 Å². The lowest BCUT2D eigenvalue weighted by Gasteiger charge is -2.12. The van der Waals surface area contributed by atoms with E-state index in [1.165, 1.54) is 12.1 Å². The first-order chi connectivity index (χ1) is 17.4. The Labute approximate surface area is 204 Å². The molecule has 1 aromatic heterocycles. The average molecular weight is 484 g/mol. The predicted octanol–water partition coefficient (Wildman–Crippen LogP) is 7.63. The summed E-state index contributed by atoms with van der Waals surface area (Å²) < 4.78 is 38.2. The van der Waals surface area contributed by atoms with Gasteiger partial charge in [0.1, 0.15) is 0 Å². The average Bonchev–Trinajstić information content (AvgIpc) is 2.88. The third-order valence-electron chi connectivity index (χ3n) is 5.49. The minimum Gasteiger partial charge on any atom is -0.308 e. The predicted molar refractivity (Wildman–Crippen MR) is 134 cm³/mol. The molecule has 0 radical (unpaired) electrons. The molecular weight excluding hydrogens is 465 g/mol. The van der Waals surface area contributed by atoms with E-state index >= 15 is 0 Å². The van der Waals surface area contributed by atoms with Crippen LogP contribution >= 0.6 is 0 Å². The largest absolute Gasteiger partial charge is 0.416 e. The number of urea groups is 1. The number of rotatable bonds is 4. The van der Waals surface area contributed by atoms with Crippen LogP contribution in [-0.2, 0) is 6.18 Å². The molecule has 5 aromatic rings. The van der Waals surface area contributed by atoms with Gasteiger partial charge < -0.3 is 10.6 Å². The zero-order chi connectivity index (χ0) is 25.1. The molecule has 4 aromatic carbocycles. The lowest BCUT2D eigenvalue weighted by molar-refractivity contribution is -0.137. The topological polar surface area (TPSA) is 66.9 Å². The van der Waals surface area contributed by atoms with E-state index in [4.69, 9.17) is 9.97 Å². The molecule has 2 N–H and O–H groups in total. The smallest absolute Gasteiger partial charge is 0.308 e. The second kappa shape index (κ2) is 9.50. The number of nitrogens with zero attached hydrogens (tertiary/aromatic N) is 2. The van der Waals surface area contributed by atoms with Gasteiger partial charge in [-0.3, -0.25) is 0 Å². The number of aromatic nitrogens is 2. The summed E-state index contributed by atoms with van der Waals surface area (Å²) in [4.78, 5) is 22.2. The minimum absolute atomic E-state index is 0.236. The van der Waals surface area contributed by atoms with Crippen molar-refractivity contribution in [2.75, 3.05) is 10.6 Å². The Kier molecular flexibility index (Phi) is 6.08. The molecule has 0 aliphatic rings. The van der Waals surface area contributed by atoms with Gasteiger partial charge >= 0.3 is 12.2 Å². The van der Waals surface area contributed by atoms with Crippen molar-refractivity contribution in [3.8, 4) is 22.5 Å². The summed E-state index contributed by atoms with van der Waals surface area (Å²) in [7, 11) is 0. The molecule has 0 spiro atoms. The lowest BCUT2D eigenvalue weighted by Crippen LogP contribution is -2.19. The molecule has 36 heavy (non-hydrogen) atoms. The summed E-state index contributed by atoms with van der Waals surface area (Å²) in [6.45, 7) is 0. The van der Waals surface area contributed by atoms with E-state index in [0.717, 1.165) is 29.0 Å². The van der Waals surface area contributed by atoms with E-state index < -0.39 is 17.8 Å². The fourth-order valence-electron chi connectivity index (χ4n) is 3.76. The molecule has 0 aliphatic heterocycles. The van der Waals surface area contributed by atoms with Crippen molar-refractivity contribution in [1.29, 1.82) is 0 Å². The van der Waals surface area contributed by atoms with E-state index in [2.05, 4.69) is 10.6 Å². The van der Waals surface area contributed by atoms with Gasteiger partial charge in [-0.2, -0.15) is 13.2 Å². The van der Waals surface area contributed by atoms with Crippen LogP contribution < -0.4 is 10.6 Å². The highest BCUT2D eigenvalue weighted by Gasteiger charge is 2.30. The maximum Gasteiger partial charge on any atom is 0.416 e. The summed E-state index contributed by atoms with van der Waals surface area (Å²) in [5.74, 6) is 0. The highest BCUT2D eigenvalue weighted by atomic mass is 19.4. The van der Waals surface area contributed by atoms with Gasteiger partial charge in [-0.25, -0.2) is 14.8 Å². The number of alkyl halides is 3. The van der Waals surface area contributed by atoms with Gasteiger partial charge in [0.15, 0.2) is 0 Å². The second-order valence-electron chi connectivity index (χ2n) is 8.01. The Morgan fingerprint density at radius 1 is 0.611 bits per heavy atom. The maximum absolute atomic E-state index is 12.7. The van der Waals surface area contributed by atoms with Crippen LogP contribution in [0.25, 0.3) is 33.5 Å². The summed E-state index contributed by atoms with van der Waals surface area (Å²) in [5.41, 5.74) is 4.45. The number of fused-ring (bicyclic) bond motifs is 1. The van der Waals surface area contributed by atoms with E-state index in [0.29, 0.717) is 22.4 Å². The SMILES string of the molecule is O=C(Nc1ccc(C(F)(F)F)cc1)Nc1ccc2nc(-c3ccccc3)c(-c3ccccc3)nc2c1. The molecule has 0 aliphatic carbocycles. The Morgan fingerprint density at radius 2 is 1.11 bits per heavy atom. The van der Waals surface area contributed by atoms with E-state index in [9.17, 15) is 18.0 Å². The van der Waals surface area contributed by atoms with Gasteiger partial charge in [-0.05, 0) is 42.5 Å². The minimum atomic E-state index is -4.44. The quantitative estimate of drug-likeness (QED) is 0.276. The van der Waals surface area contributed by atoms with Crippen LogP contribution in [0.1, 0.15) is 5.56 Å². The fourth-order valence-corrected chi connectivity index (χ4v) is 3.76. The van der Waals surface area contributed by atoms with E-state index in [1.807, 2.05) is 60.7 Å². The molecule has 0 saturated heterocycles. The summed E-state index contributed by atoms with van der Waals surface area (Å²) in [6, 6.07) is 28.3. The van der Waals surface area contributed by atoms with Gasteiger partial charge in [0, 0.05) is 22.5 Å². The Bertz CT molecular complexity index is 1520. The van der Waals surface area contributed by atoms with Crippen molar-refractivity contribution in [2.45, 2.75) is 6.18 Å². The first kappa shape index (κ1) is 23.0. The van der Waals surface area contributed by atoms with Crippen LogP contribution in [-0.4, -0.2) is 16.0 Å². The van der Waals surface area contributed by atoms with Gasteiger partial charge in [0.2, 0.25) is 0 Å². The van der Waals surface area contributed by atoms with Crippen LogP contribution in [0.3, 0.4) is 0 Å². The van der Waals surface area contributed by atoms with Crippen LogP contribution in [0.4, 0.5) is 29.3 Å². The van der Waals surface area contributed by atoms with Gasteiger partial charge in [-0.1, -0.05) is 60.7 Å². The summed E-state index contributed by atoms with van der Waals surface area (Å²) in [5, 5.41) is 5.22. The third kappa shape index (κ3) is 5.02. The van der Waals surface area contributed by atoms with Crippen LogP contribution in [0.5, 0.6) is 0 Å². The number of hydrogen-bond acceptors (Lipinski definition) is 3. The molecule has 2 amide bonds. The number of benzene rings is 4. The Hall–Kier alpha value is -4.72. The highest BCUT2D eigenvalue weighted by Crippen LogP contribution is 2.32. The summed E-state index contributed by atoms with van der Waals surface area (Å²) in [6.07, 6.45) is -4.44. The number of hydrogen-bond donors (Lipinski definition) is 2. The lowest BCUT2D eigenvalue weighted by atomic mass is 10.0. The second-order valence-corrected chi connectivity index (χ2v) is 8.01. The first-order valence-electron chi connectivity index (χ1n) is 11.0. The first-order valence-corrected chi connectivity index (χ1v) is 11.0. The van der Waals surface area contributed by atoms with Gasteiger partial charge in [0.05, 0.1) is 28.0 Å². The molecule has 0 atom stereocenters. The number of carbonyl (C=O) groups is 1. The molecule has 5 nitrogen and oxygen atoms in total. The van der Waals surface area contributed by atoms with Crippen LogP contribution in [0.15, 0.2) is 103 Å². The molecule has 0 saturated carbocycles. The molecule has 0 bridgehead atoms. The van der Waals surface area contributed by atoms with Crippen molar-refractivity contribution in [2.24, 2.45) is 0 Å². The van der Waals surface area contributed by atoms with Crippen molar-refractivity contribution < 1.29 is 18.0 Å². The maximum atomic E-state index is 12.7. The standard InChI is InChI=1S/C28H19F3N4O/c29-28(30,31)20-11-13-21(14-12-20)32-27(36)33-22-15-16-23-24(17-22)35-26(19-9-5-2-6-10-19)25(34-23)18-7-3-1-4-8-18/h1-17H,(H2,32,33,36). The summed E-state index contributed by atoms with van der Waals surface area (Å²) >= 11 is 0. The van der Waals surface area contributed by atoms with Gasteiger partial charge in [-0.15, -0.1) is 0 Å². The molecule has 0 unspecified atom stereocenters. The Morgan fingerprint density at radius 3 is 1.67 bits per heavy atom. The zero-order valence-electron chi connectivity index (χ0n) is 18.8. The molecule has 8 heteroatoms. The van der Waals surface area contributed by atoms with Crippen LogP contribution in [0.2, 0.25) is 0 Å². The zero-order valence-corrected chi connectivity index (χ0v) is 18.8. The van der Waals surface area contributed by atoms with Crippen molar-refractivity contribution in [1.82, 2.24) is 9.97 Å². The Balaban J connectivity index is 1.43. The number of carbonyl (C=O) groups excluding carboxylic acids is 1. The number of halogens is 3. The van der Waals surface area contributed by atoms with E-state index in [-0.39, 0.29) is 5.69 Å². The van der Waals surface area contributed by atoms with Crippen molar-refractivity contribution >= 4 is 28.4 Å². The highest BCUT2D eigenvalue weighted by molar-refractivity contribution is 6.01. The monoisotopic (exact) mass is 484 g/mol. The molecule has 178 valence electrons. The molecule has 5 rings (SSSR count). The molecule has 1 heterocycles. The van der Waals surface area contributed by atoms with Crippen molar-refractivity contribution in [3.05, 3.63) is 109 Å². The third-order valence-corrected chi connectivity index (χ3v) is 5.49. The normalized spacial score (nSPS) is 11.3. The molecule has 0 fully saturated rings. The van der Waals surface area contributed by atoms with Gasteiger partial charge in [0.25, 0.3) is 0 Å². The number of nitrogens with one attached hydrogen (secondary N) is 2. The van der Waals surface area contributed by atoms with Crippen LogP contribution in [0, 0.1) is 0 Å². The van der Waals surface area contributed by atoms with E-state index in [1.54, 1.807) is 18.2 Å². The fraction of sp³-hybridized carbons (Fsp3) is 0.0357. The number of anilines is 2. The molecular formula is C28H19F3N4O. The number of amides is 2.